The summed E-state index contributed by atoms with van der Waals surface area (Å²) < 4.78 is 26.9. The molecular formula is C15H21N5O2S2. The van der Waals surface area contributed by atoms with E-state index in [1.165, 1.54) is 11.3 Å². The fraction of sp³-hybridized carbons (Fsp3) is 0.467. The fourth-order valence-corrected chi connectivity index (χ4v) is 4.51. The van der Waals surface area contributed by atoms with E-state index in [2.05, 4.69) is 20.4 Å². The van der Waals surface area contributed by atoms with Crippen LogP contribution >= 0.6 is 11.3 Å². The predicted octanol–water partition coefficient (Wildman–Crippen LogP) is 1.39. The first-order chi connectivity index (χ1) is 11.4. The molecule has 0 aliphatic carbocycles. The molecule has 0 radical (unpaired) electrons. The highest BCUT2D eigenvalue weighted by Gasteiger charge is 2.27. The summed E-state index contributed by atoms with van der Waals surface area (Å²) in [5.41, 5.74) is 1.00. The van der Waals surface area contributed by atoms with E-state index in [-0.39, 0.29) is 0 Å². The number of rotatable bonds is 5. The molecule has 1 fully saturated rings. The van der Waals surface area contributed by atoms with Gasteiger partial charge in [-0.2, -0.15) is 4.31 Å². The quantitative estimate of drug-likeness (QED) is 0.861. The number of piperazine rings is 1. The molecule has 1 N–H and O–H groups in total. The predicted molar refractivity (Wildman–Crippen MR) is 94.7 cm³/mol. The molecule has 7 nitrogen and oxygen atoms in total. The van der Waals surface area contributed by atoms with E-state index in [4.69, 9.17) is 0 Å². The molecule has 3 rings (SSSR count). The van der Waals surface area contributed by atoms with Crippen molar-refractivity contribution in [2.75, 3.05) is 38.5 Å². The van der Waals surface area contributed by atoms with Crippen LogP contribution in [0.4, 0.5) is 5.13 Å². The van der Waals surface area contributed by atoms with Crippen LogP contribution in [0.5, 0.6) is 0 Å². The SMILES string of the molecule is Cc1nnc(NCc2ccc(S(=O)(=O)N3CCN(C)CC3)cc2)s1. The molecule has 1 aromatic carbocycles. The van der Waals surface area contributed by atoms with Crippen molar-refractivity contribution < 1.29 is 8.42 Å². The number of nitrogens with zero attached hydrogens (tertiary/aromatic N) is 4. The molecule has 0 spiro atoms. The maximum atomic E-state index is 12.7. The van der Waals surface area contributed by atoms with E-state index in [1.54, 1.807) is 16.4 Å². The fourth-order valence-electron chi connectivity index (χ4n) is 2.50. The van der Waals surface area contributed by atoms with Gasteiger partial charge in [-0.25, -0.2) is 8.42 Å². The molecule has 0 bridgehead atoms. The van der Waals surface area contributed by atoms with Crippen LogP contribution in [-0.2, 0) is 16.6 Å². The van der Waals surface area contributed by atoms with E-state index in [9.17, 15) is 8.42 Å². The number of hydrogen-bond donors (Lipinski definition) is 1. The average Bonchev–Trinajstić information content (AvgIpc) is 2.99. The molecule has 0 amide bonds. The lowest BCUT2D eigenvalue weighted by molar-refractivity contribution is 0.222. The van der Waals surface area contributed by atoms with Crippen molar-refractivity contribution in [2.24, 2.45) is 0 Å². The van der Waals surface area contributed by atoms with Crippen molar-refractivity contribution in [1.82, 2.24) is 19.4 Å². The highest BCUT2D eigenvalue weighted by molar-refractivity contribution is 7.89. The molecule has 0 saturated carbocycles. The maximum Gasteiger partial charge on any atom is 0.243 e. The van der Waals surface area contributed by atoms with Gasteiger partial charge in [-0.05, 0) is 31.7 Å². The van der Waals surface area contributed by atoms with Crippen molar-refractivity contribution in [3.63, 3.8) is 0 Å². The number of hydrogen-bond acceptors (Lipinski definition) is 7. The van der Waals surface area contributed by atoms with Crippen LogP contribution in [0.25, 0.3) is 0 Å². The summed E-state index contributed by atoms with van der Waals surface area (Å²) in [6.07, 6.45) is 0. The molecule has 9 heteroatoms. The minimum absolute atomic E-state index is 0.350. The molecular weight excluding hydrogens is 346 g/mol. The molecule has 0 atom stereocenters. The normalized spacial score (nSPS) is 17.1. The van der Waals surface area contributed by atoms with Crippen molar-refractivity contribution in [3.8, 4) is 0 Å². The Bertz CT molecular complexity index is 780. The second-order valence-electron chi connectivity index (χ2n) is 5.83. The standard InChI is InChI=1S/C15H21N5O2S2/c1-12-17-18-15(23-12)16-11-13-3-5-14(6-4-13)24(21,22)20-9-7-19(2)8-10-20/h3-6H,7-11H2,1-2H3,(H,16,18). The van der Waals surface area contributed by atoms with Crippen molar-refractivity contribution in [3.05, 3.63) is 34.8 Å². The molecule has 2 heterocycles. The van der Waals surface area contributed by atoms with Gasteiger partial charge in [0.25, 0.3) is 0 Å². The lowest BCUT2D eigenvalue weighted by Gasteiger charge is -2.31. The molecule has 2 aromatic rings. The monoisotopic (exact) mass is 367 g/mol. The van der Waals surface area contributed by atoms with Gasteiger partial charge < -0.3 is 10.2 Å². The van der Waals surface area contributed by atoms with Crippen molar-refractivity contribution >= 4 is 26.5 Å². The van der Waals surface area contributed by atoms with E-state index in [1.807, 2.05) is 26.1 Å². The third kappa shape index (κ3) is 3.92. The Hall–Kier alpha value is -1.55. The van der Waals surface area contributed by atoms with E-state index in [0.717, 1.165) is 28.8 Å². The summed E-state index contributed by atoms with van der Waals surface area (Å²) >= 11 is 1.49. The Morgan fingerprint density at radius 2 is 1.79 bits per heavy atom. The molecule has 1 aromatic heterocycles. The highest BCUT2D eigenvalue weighted by atomic mass is 32.2. The topological polar surface area (TPSA) is 78.4 Å². The van der Waals surface area contributed by atoms with Crippen molar-refractivity contribution in [1.29, 1.82) is 0 Å². The lowest BCUT2D eigenvalue weighted by Crippen LogP contribution is -2.46. The van der Waals surface area contributed by atoms with Gasteiger partial charge in [-0.1, -0.05) is 23.5 Å². The molecule has 1 aliphatic heterocycles. The highest BCUT2D eigenvalue weighted by Crippen LogP contribution is 2.19. The van der Waals surface area contributed by atoms with Crippen LogP contribution in [0.2, 0.25) is 0 Å². The number of aryl methyl sites for hydroxylation is 1. The number of anilines is 1. The largest absolute Gasteiger partial charge is 0.356 e. The first-order valence-corrected chi connectivity index (χ1v) is 10.0. The zero-order valence-corrected chi connectivity index (χ0v) is 15.4. The average molecular weight is 368 g/mol. The van der Waals surface area contributed by atoms with Crippen LogP contribution < -0.4 is 5.32 Å². The second kappa shape index (κ2) is 7.14. The number of likely N-dealkylation sites (N-methyl/N-ethyl adjacent to an activating group) is 1. The smallest absolute Gasteiger partial charge is 0.243 e. The summed E-state index contributed by atoms with van der Waals surface area (Å²) in [5, 5.41) is 12.8. The van der Waals surface area contributed by atoms with Crippen LogP contribution in [0, 0.1) is 6.92 Å². The Morgan fingerprint density at radius 1 is 1.12 bits per heavy atom. The summed E-state index contributed by atoms with van der Waals surface area (Å²) in [7, 11) is -1.39. The molecule has 1 aliphatic rings. The van der Waals surface area contributed by atoms with Gasteiger partial charge in [-0.3, -0.25) is 0 Å². The molecule has 0 unspecified atom stereocenters. The summed E-state index contributed by atoms with van der Waals surface area (Å²) in [4.78, 5) is 2.48. The molecule has 1 saturated heterocycles. The Morgan fingerprint density at radius 3 is 2.38 bits per heavy atom. The first-order valence-electron chi connectivity index (χ1n) is 7.77. The van der Waals surface area contributed by atoms with Gasteiger partial charge in [0.05, 0.1) is 4.90 Å². The van der Waals surface area contributed by atoms with Gasteiger partial charge in [0.2, 0.25) is 15.2 Å². The third-order valence-corrected chi connectivity index (χ3v) is 6.70. The second-order valence-corrected chi connectivity index (χ2v) is 8.95. The molecule has 130 valence electrons. The number of sulfonamides is 1. The van der Waals surface area contributed by atoms with Gasteiger partial charge in [0, 0.05) is 32.7 Å². The van der Waals surface area contributed by atoms with Gasteiger partial charge in [0.1, 0.15) is 5.01 Å². The minimum atomic E-state index is -3.40. The summed E-state index contributed by atoms with van der Waals surface area (Å²) in [6, 6.07) is 7.03. The van der Waals surface area contributed by atoms with E-state index >= 15 is 0 Å². The Labute approximate surface area is 146 Å². The number of aromatic nitrogens is 2. The first kappa shape index (κ1) is 17.3. The van der Waals surface area contributed by atoms with E-state index in [0.29, 0.717) is 24.5 Å². The van der Waals surface area contributed by atoms with Gasteiger partial charge in [-0.15, -0.1) is 10.2 Å². The minimum Gasteiger partial charge on any atom is -0.356 e. The summed E-state index contributed by atoms with van der Waals surface area (Å²) in [5.74, 6) is 0. The zero-order valence-electron chi connectivity index (χ0n) is 13.8. The third-order valence-electron chi connectivity index (χ3n) is 3.99. The Balaban J connectivity index is 1.65. The van der Waals surface area contributed by atoms with Gasteiger partial charge in [0.15, 0.2) is 0 Å². The van der Waals surface area contributed by atoms with E-state index < -0.39 is 10.0 Å². The lowest BCUT2D eigenvalue weighted by atomic mass is 10.2. The number of benzene rings is 1. The zero-order chi connectivity index (χ0) is 17.2. The van der Waals surface area contributed by atoms with Gasteiger partial charge >= 0.3 is 0 Å². The molecule has 24 heavy (non-hydrogen) atoms. The van der Waals surface area contributed by atoms with Crippen LogP contribution in [0.15, 0.2) is 29.2 Å². The number of nitrogens with one attached hydrogen (secondary N) is 1. The summed E-state index contributed by atoms with van der Waals surface area (Å²) in [6.45, 7) is 5.10. The Kier molecular flexibility index (Phi) is 5.14. The van der Waals surface area contributed by atoms with Crippen LogP contribution in [0.3, 0.4) is 0 Å². The van der Waals surface area contributed by atoms with Crippen molar-refractivity contribution in [2.45, 2.75) is 18.4 Å². The van der Waals surface area contributed by atoms with Crippen LogP contribution in [-0.4, -0.2) is 61.0 Å². The maximum absolute atomic E-state index is 12.7. The van der Waals surface area contributed by atoms with Crippen LogP contribution in [0.1, 0.15) is 10.6 Å².